The van der Waals surface area contributed by atoms with Crippen molar-refractivity contribution in [3.8, 4) is 0 Å². The Morgan fingerprint density at radius 3 is 2.40 bits per heavy atom. The fourth-order valence-electron chi connectivity index (χ4n) is 2.83. The van der Waals surface area contributed by atoms with Gasteiger partial charge < -0.3 is 4.74 Å². The van der Waals surface area contributed by atoms with E-state index in [2.05, 4.69) is 0 Å². The first-order valence-electron chi connectivity index (χ1n) is 6.46. The molecule has 1 saturated heterocycles. The molecule has 0 radical (unpaired) electrons. The second-order valence-corrected chi connectivity index (χ2v) is 5.04. The Labute approximate surface area is 92.4 Å². The van der Waals surface area contributed by atoms with E-state index in [4.69, 9.17) is 4.74 Å². The van der Waals surface area contributed by atoms with Gasteiger partial charge in [-0.25, -0.2) is 0 Å². The number of Topliss-reactive ketones (excluding diaryl/α,β-unsaturated/α-hetero) is 1. The van der Waals surface area contributed by atoms with Crippen LogP contribution < -0.4 is 0 Å². The van der Waals surface area contributed by atoms with Gasteiger partial charge in [0.1, 0.15) is 5.78 Å². The maximum absolute atomic E-state index is 11.9. The topological polar surface area (TPSA) is 26.3 Å². The molecule has 0 atom stereocenters. The van der Waals surface area contributed by atoms with Gasteiger partial charge in [-0.15, -0.1) is 0 Å². The van der Waals surface area contributed by atoms with Gasteiger partial charge in [-0.05, 0) is 38.0 Å². The molecule has 0 amide bonds. The molecule has 0 aromatic carbocycles. The van der Waals surface area contributed by atoms with Crippen LogP contribution in [-0.2, 0) is 9.53 Å². The average molecular weight is 210 g/mol. The molecule has 1 aliphatic carbocycles. The molecule has 0 bridgehead atoms. The second-order valence-electron chi connectivity index (χ2n) is 5.04. The van der Waals surface area contributed by atoms with Crippen LogP contribution >= 0.6 is 0 Å². The summed E-state index contributed by atoms with van der Waals surface area (Å²) >= 11 is 0. The van der Waals surface area contributed by atoms with E-state index in [0.29, 0.717) is 11.7 Å². The number of hydrogen-bond acceptors (Lipinski definition) is 2. The summed E-state index contributed by atoms with van der Waals surface area (Å²) in [5, 5.41) is 0. The molecule has 15 heavy (non-hydrogen) atoms. The van der Waals surface area contributed by atoms with Crippen LogP contribution in [0.2, 0.25) is 0 Å². The highest BCUT2D eigenvalue weighted by Crippen LogP contribution is 2.28. The molecule has 0 N–H and O–H groups in total. The van der Waals surface area contributed by atoms with Crippen molar-refractivity contribution >= 4 is 5.78 Å². The van der Waals surface area contributed by atoms with Gasteiger partial charge >= 0.3 is 0 Å². The van der Waals surface area contributed by atoms with Crippen LogP contribution in [0.1, 0.15) is 51.4 Å². The summed E-state index contributed by atoms with van der Waals surface area (Å²) in [4.78, 5) is 11.9. The Kier molecular flexibility index (Phi) is 4.18. The smallest absolute Gasteiger partial charge is 0.135 e. The monoisotopic (exact) mass is 210 g/mol. The van der Waals surface area contributed by atoms with Gasteiger partial charge in [-0.2, -0.15) is 0 Å². The van der Waals surface area contributed by atoms with Crippen LogP contribution in [0.5, 0.6) is 0 Å². The summed E-state index contributed by atoms with van der Waals surface area (Å²) in [6.07, 6.45) is 9.13. The normalized spacial score (nSPS) is 24.5. The van der Waals surface area contributed by atoms with Crippen molar-refractivity contribution < 1.29 is 9.53 Å². The van der Waals surface area contributed by atoms with Crippen LogP contribution in [0, 0.1) is 11.8 Å². The lowest BCUT2D eigenvalue weighted by Gasteiger charge is -2.22. The number of ketones is 1. The molecule has 2 rings (SSSR count). The number of hydrogen-bond donors (Lipinski definition) is 0. The average Bonchev–Trinajstić information content (AvgIpc) is 2.81. The fraction of sp³-hybridized carbons (Fsp3) is 0.923. The van der Waals surface area contributed by atoms with Crippen molar-refractivity contribution in [2.24, 2.45) is 11.8 Å². The zero-order valence-electron chi connectivity index (χ0n) is 9.54. The van der Waals surface area contributed by atoms with Gasteiger partial charge in [0.15, 0.2) is 0 Å². The zero-order chi connectivity index (χ0) is 10.5. The van der Waals surface area contributed by atoms with Gasteiger partial charge in [-0.1, -0.05) is 12.8 Å². The summed E-state index contributed by atoms with van der Waals surface area (Å²) in [6, 6.07) is 0. The largest absolute Gasteiger partial charge is 0.381 e. The van der Waals surface area contributed by atoms with Gasteiger partial charge in [0, 0.05) is 25.6 Å². The summed E-state index contributed by atoms with van der Waals surface area (Å²) in [6.45, 7) is 1.81. The molecule has 0 unspecified atom stereocenters. The van der Waals surface area contributed by atoms with Crippen LogP contribution in [0.15, 0.2) is 0 Å². The highest BCUT2D eigenvalue weighted by atomic mass is 16.5. The number of carbonyl (C=O) groups is 1. The van der Waals surface area contributed by atoms with E-state index in [0.717, 1.165) is 57.7 Å². The van der Waals surface area contributed by atoms with Crippen LogP contribution in [0.3, 0.4) is 0 Å². The Morgan fingerprint density at radius 2 is 1.73 bits per heavy atom. The maximum atomic E-state index is 11.9. The molecule has 1 saturated carbocycles. The lowest BCUT2D eigenvalue weighted by Crippen LogP contribution is -2.18. The van der Waals surface area contributed by atoms with E-state index in [1.807, 2.05) is 0 Å². The molecule has 2 aliphatic rings. The van der Waals surface area contributed by atoms with Gasteiger partial charge in [0.05, 0.1) is 0 Å². The van der Waals surface area contributed by atoms with E-state index >= 15 is 0 Å². The third kappa shape index (κ3) is 3.30. The molecule has 1 heterocycles. The van der Waals surface area contributed by atoms with Crippen LogP contribution in [0.4, 0.5) is 0 Å². The maximum Gasteiger partial charge on any atom is 0.135 e. The quantitative estimate of drug-likeness (QED) is 0.713. The minimum absolute atomic E-state index is 0.421. The highest BCUT2D eigenvalue weighted by Gasteiger charge is 2.23. The molecular formula is C13H22O2. The molecule has 86 valence electrons. The van der Waals surface area contributed by atoms with E-state index in [9.17, 15) is 4.79 Å². The van der Waals surface area contributed by atoms with Crippen molar-refractivity contribution in [2.75, 3.05) is 13.2 Å². The van der Waals surface area contributed by atoms with Crippen molar-refractivity contribution in [2.45, 2.75) is 51.4 Å². The standard InChI is InChI=1S/C13H22O2/c14-13(12-3-1-2-4-12)6-5-11-7-9-15-10-8-11/h11-12H,1-10H2. The molecular weight excluding hydrogens is 188 g/mol. The summed E-state index contributed by atoms with van der Waals surface area (Å²) in [5.74, 6) is 1.72. The summed E-state index contributed by atoms with van der Waals surface area (Å²) in [5.41, 5.74) is 0. The molecule has 2 nitrogen and oxygen atoms in total. The van der Waals surface area contributed by atoms with Crippen molar-refractivity contribution in [3.63, 3.8) is 0 Å². The molecule has 2 fully saturated rings. The molecule has 0 aromatic rings. The minimum Gasteiger partial charge on any atom is -0.381 e. The Hall–Kier alpha value is -0.370. The van der Waals surface area contributed by atoms with Gasteiger partial charge in [0.25, 0.3) is 0 Å². The fourth-order valence-corrected chi connectivity index (χ4v) is 2.83. The first-order valence-corrected chi connectivity index (χ1v) is 6.46. The number of rotatable bonds is 4. The third-order valence-electron chi connectivity index (χ3n) is 3.95. The Bertz CT molecular complexity index is 201. The molecule has 2 heteroatoms. The van der Waals surface area contributed by atoms with Crippen LogP contribution in [0.25, 0.3) is 0 Å². The number of carbonyl (C=O) groups excluding carboxylic acids is 1. The third-order valence-corrected chi connectivity index (χ3v) is 3.95. The van der Waals surface area contributed by atoms with E-state index < -0.39 is 0 Å². The minimum atomic E-state index is 0.421. The molecule has 0 aromatic heterocycles. The summed E-state index contributed by atoms with van der Waals surface area (Å²) in [7, 11) is 0. The number of ether oxygens (including phenoxy) is 1. The Balaban J connectivity index is 1.65. The van der Waals surface area contributed by atoms with Crippen molar-refractivity contribution in [1.82, 2.24) is 0 Å². The van der Waals surface area contributed by atoms with Gasteiger partial charge in [0.2, 0.25) is 0 Å². The lowest BCUT2D eigenvalue weighted by atomic mass is 9.90. The second kappa shape index (κ2) is 5.64. The molecule has 1 aliphatic heterocycles. The summed E-state index contributed by atoms with van der Waals surface area (Å²) < 4.78 is 5.32. The predicted molar refractivity (Wildman–Crippen MR) is 59.7 cm³/mol. The predicted octanol–water partition coefficient (Wildman–Crippen LogP) is 2.95. The van der Waals surface area contributed by atoms with Crippen molar-refractivity contribution in [1.29, 1.82) is 0 Å². The Morgan fingerprint density at radius 1 is 1.07 bits per heavy atom. The highest BCUT2D eigenvalue weighted by molar-refractivity contribution is 5.81. The SMILES string of the molecule is O=C(CCC1CCOCC1)C1CCCC1. The van der Waals surface area contributed by atoms with Crippen LogP contribution in [-0.4, -0.2) is 19.0 Å². The van der Waals surface area contributed by atoms with Gasteiger partial charge in [-0.3, -0.25) is 4.79 Å². The van der Waals surface area contributed by atoms with E-state index in [-0.39, 0.29) is 0 Å². The molecule has 0 spiro atoms. The first kappa shape index (κ1) is 11.1. The van der Waals surface area contributed by atoms with E-state index in [1.54, 1.807) is 0 Å². The van der Waals surface area contributed by atoms with E-state index in [1.165, 1.54) is 12.8 Å². The van der Waals surface area contributed by atoms with Crippen molar-refractivity contribution in [3.05, 3.63) is 0 Å². The first-order chi connectivity index (χ1) is 7.36. The lowest BCUT2D eigenvalue weighted by molar-refractivity contribution is -0.123. The zero-order valence-corrected chi connectivity index (χ0v) is 9.54.